The van der Waals surface area contributed by atoms with E-state index in [-0.39, 0.29) is 5.75 Å². The van der Waals surface area contributed by atoms with Crippen molar-refractivity contribution in [3.8, 4) is 0 Å². The predicted molar refractivity (Wildman–Crippen MR) is 75.5 cm³/mol. The SMILES string of the molecule is CCCS(=O)(=O)Nc1cnn(Cc2ccccc2)c1. The normalized spacial score (nSPS) is 11.4. The third kappa shape index (κ3) is 4.10. The first-order valence-electron chi connectivity index (χ1n) is 6.16. The molecule has 1 aromatic heterocycles. The van der Waals surface area contributed by atoms with Gasteiger partial charge in [-0.3, -0.25) is 9.40 Å². The quantitative estimate of drug-likeness (QED) is 0.880. The number of nitrogens with zero attached hydrogens (tertiary/aromatic N) is 2. The molecular formula is C13H17N3O2S. The summed E-state index contributed by atoms with van der Waals surface area (Å²) in [5.74, 6) is 0.122. The molecule has 1 aromatic carbocycles. The number of hydrogen-bond donors (Lipinski definition) is 1. The Labute approximate surface area is 113 Å². The zero-order chi connectivity index (χ0) is 13.7. The molecular weight excluding hydrogens is 262 g/mol. The molecule has 5 nitrogen and oxygen atoms in total. The van der Waals surface area contributed by atoms with Gasteiger partial charge in [-0.05, 0) is 12.0 Å². The maximum Gasteiger partial charge on any atom is 0.232 e. The molecule has 0 amide bonds. The first-order valence-corrected chi connectivity index (χ1v) is 7.81. The molecule has 0 aliphatic rings. The van der Waals surface area contributed by atoms with Gasteiger partial charge in [0.05, 0.1) is 24.2 Å². The van der Waals surface area contributed by atoms with Crippen LogP contribution in [0.1, 0.15) is 18.9 Å². The van der Waals surface area contributed by atoms with Crippen LogP contribution in [-0.4, -0.2) is 24.0 Å². The molecule has 2 rings (SSSR count). The first kappa shape index (κ1) is 13.6. The van der Waals surface area contributed by atoms with Crippen molar-refractivity contribution in [2.24, 2.45) is 0 Å². The average Bonchev–Trinajstić information content (AvgIpc) is 2.76. The summed E-state index contributed by atoms with van der Waals surface area (Å²) in [4.78, 5) is 0. The van der Waals surface area contributed by atoms with Crippen LogP contribution in [0.2, 0.25) is 0 Å². The second-order valence-electron chi connectivity index (χ2n) is 4.33. The fourth-order valence-corrected chi connectivity index (χ4v) is 2.88. The standard InChI is InChI=1S/C13H17N3O2S/c1-2-8-19(17,18)15-13-9-14-16(11-13)10-12-6-4-3-5-7-12/h3-7,9,11,15H,2,8,10H2,1H3. The Bertz CT molecular complexity index is 620. The molecule has 19 heavy (non-hydrogen) atoms. The van der Waals surface area contributed by atoms with Crippen LogP contribution in [0.5, 0.6) is 0 Å². The van der Waals surface area contributed by atoms with E-state index >= 15 is 0 Å². The van der Waals surface area contributed by atoms with Crippen molar-refractivity contribution >= 4 is 15.7 Å². The maximum atomic E-state index is 11.6. The van der Waals surface area contributed by atoms with Crippen molar-refractivity contribution < 1.29 is 8.42 Å². The molecule has 0 saturated heterocycles. The van der Waals surface area contributed by atoms with Gasteiger partial charge < -0.3 is 0 Å². The Hall–Kier alpha value is -1.82. The lowest BCUT2D eigenvalue weighted by Gasteiger charge is -2.03. The van der Waals surface area contributed by atoms with Gasteiger partial charge in [-0.2, -0.15) is 5.10 Å². The van der Waals surface area contributed by atoms with E-state index in [0.717, 1.165) is 5.56 Å². The molecule has 102 valence electrons. The van der Waals surface area contributed by atoms with Gasteiger partial charge in [-0.15, -0.1) is 0 Å². The summed E-state index contributed by atoms with van der Waals surface area (Å²) in [6.07, 6.45) is 3.81. The Morgan fingerprint density at radius 1 is 1.26 bits per heavy atom. The van der Waals surface area contributed by atoms with Crippen LogP contribution in [0.3, 0.4) is 0 Å². The van der Waals surface area contributed by atoms with Gasteiger partial charge in [0.2, 0.25) is 10.0 Å². The lowest BCUT2D eigenvalue weighted by Crippen LogP contribution is -2.15. The van der Waals surface area contributed by atoms with E-state index in [2.05, 4.69) is 9.82 Å². The number of anilines is 1. The third-order valence-corrected chi connectivity index (χ3v) is 4.06. The summed E-state index contributed by atoms with van der Waals surface area (Å²) in [5, 5.41) is 4.15. The van der Waals surface area contributed by atoms with Gasteiger partial charge in [0, 0.05) is 6.20 Å². The predicted octanol–water partition coefficient (Wildman–Crippen LogP) is 2.08. The van der Waals surface area contributed by atoms with Crippen LogP contribution in [0, 0.1) is 0 Å². The van der Waals surface area contributed by atoms with Gasteiger partial charge in [0.1, 0.15) is 0 Å². The van der Waals surface area contributed by atoms with E-state index in [1.54, 1.807) is 10.9 Å². The number of sulfonamides is 1. The third-order valence-electron chi connectivity index (χ3n) is 2.57. The molecule has 0 atom stereocenters. The molecule has 6 heteroatoms. The van der Waals surface area contributed by atoms with Crippen molar-refractivity contribution in [2.75, 3.05) is 10.5 Å². The Morgan fingerprint density at radius 2 is 2.00 bits per heavy atom. The minimum atomic E-state index is -3.25. The molecule has 0 fully saturated rings. The van der Waals surface area contributed by atoms with Crippen molar-refractivity contribution in [1.82, 2.24) is 9.78 Å². The minimum absolute atomic E-state index is 0.122. The highest BCUT2D eigenvalue weighted by Crippen LogP contribution is 2.10. The van der Waals surface area contributed by atoms with Crippen LogP contribution in [0.25, 0.3) is 0 Å². The van der Waals surface area contributed by atoms with Crippen LogP contribution < -0.4 is 4.72 Å². The van der Waals surface area contributed by atoms with Crippen molar-refractivity contribution in [3.63, 3.8) is 0 Å². The van der Waals surface area contributed by atoms with Crippen molar-refractivity contribution in [1.29, 1.82) is 0 Å². The molecule has 1 N–H and O–H groups in total. The molecule has 0 unspecified atom stereocenters. The largest absolute Gasteiger partial charge is 0.280 e. The number of rotatable bonds is 6. The van der Waals surface area contributed by atoms with Crippen LogP contribution in [-0.2, 0) is 16.6 Å². The van der Waals surface area contributed by atoms with Gasteiger partial charge >= 0.3 is 0 Å². The molecule has 0 aliphatic heterocycles. The van der Waals surface area contributed by atoms with E-state index in [1.807, 2.05) is 37.3 Å². The zero-order valence-electron chi connectivity index (χ0n) is 10.8. The van der Waals surface area contributed by atoms with E-state index < -0.39 is 10.0 Å². The lowest BCUT2D eigenvalue weighted by molar-refractivity contribution is 0.600. The number of aromatic nitrogens is 2. The fourth-order valence-electron chi connectivity index (χ4n) is 1.77. The monoisotopic (exact) mass is 279 g/mol. The maximum absolute atomic E-state index is 11.6. The Kier molecular flexibility index (Phi) is 4.21. The van der Waals surface area contributed by atoms with Gasteiger partial charge in [-0.25, -0.2) is 8.42 Å². The van der Waals surface area contributed by atoms with Gasteiger partial charge in [-0.1, -0.05) is 37.3 Å². The summed E-state index contributed by atoms with van der Waals surface area (Å²) < 4.78 is 27.5. The number of nitrogens with one attached hydrogen (secondary N) is 1. The molecule has 0 bridgehead atoms. The smallest absolute Gasteiger partial charge is 0.232 e. The second kappa shape index (κ2) is 5.88. The highest BCUT2D eigenvalue weighted by atomic mass is 32.2. The Morgan fingerprint density at radius 3 is 2.68 bits per heavy atom. The van der Waals surface area contributed by atoms with E-state index in [4.69, 9.17) is 0 Å². The summed E-state index contributed by atoms with van der Waals surface area (Å²) in [5.41, 5.74) is 1.62. The van der Waals surface area contributed by atoms with Crippen LogP contribution in [0.15, 0.2) is 42.7 Å². The minimum Gasteiger partial charge on any atom is -0.280 e. The van der Waals surface area contributed by atoms with E-state index in [1.165, 1.54) is 6.20 Å². The molecule has 0 radical (unpaired) electrons. The molecule has 0 spiro atoms. The molecule has 0 saturated carbocycles. The summed E-state index contributed by atoms with van der Waals surface area (Å²) in [6.45, 7) is 2.45. The Balaban J connectivity index is 2.04. The second-order valence-corrected chi connectivity index (χ2v) is 6.17. The van der Waals surface area contributed by atoms with Gasteiger partial charge in [0.25, 0.3) is 0 Å². The van der Waals surface area contributed by atoms with Crippen molar-refractivity contribution in [2.45, 2.75) is 19.9 Å². The lowest BCUT2D eigenvalue weighted by atomic mass is 10.2. The summed E-state index contributed by atoms with van der Waals surface area (Å²) in [6, 6.07) is 9.88. The number of benzene rings is 1. The van der Waals surface area contributed by atoms with Gasteiger partial charge in [0.15, 0.2) is 0 Å². The molecule has 0 aliphatic carbocycles. The summed E-state index contributed by atoms with van der Waals surface area (Å²) >= 11 is 0. The van der Waals surface area contributed by atoms with E-state index in [0.29, 0.717) is 18.7 Å². The number of hydrogen-bond acceptors (Lipinski definition) is 3. The topological polar surface area (TPSA) is 64.0 Å². The van der Waals surface area contributed by atoms with E-state index in [9.17, 15) is 8.42 Å². The first-order chi connectivity index (χ1) is 9.09. The highest BCUT2D eigenvalue weighted by molar-refractivity contribution is 7.92. The molecule has 1 heterocycles. The summed E-state index contributed by atoms with van der Waals surface area (Å²) in [7, 11) is -3.25. The zero-order valence-corrected chi connectivity index (χ0v) is 11.6. The molecule has 2 aromatic rings. The van der Waals surface area contributed by atoms with Crippen LogP contribution in [0.4, 0.5) is 5.69 Å². The average molecular weight is 279 g/mol. The fraction of sp³-hybridized carbons (Fsp3) is 0.308. The van der Waals surface area contributed by atoms with Crippen LogP contribution >= 0.6 is 0 Å². The van der Waals surface area contributed by atoms with Crippen molar-refractivity contribution in [3.05, 3.63) is 48.3 Å². The highest BCUT2D eigenvalue weighted by Gasteiger charge is 2.10.